The SMILES string of the molecule is CCC(C)c1ccccc1NC(=O)C1CCN(C(=O)C2CC(=O)N(C(C)(C)C)C2)CC1. The highest BCUT2D eigenvalue weighted by Gasteiger charge is 2.41. The van der Waals surface area contributed by atoms with Crippen molar-refractivity contribution in [3.63, 3.8) is 0 Å². The van der Waals surface area contributed by atoms with Crippen LogP contribution in [0.15, 0.2) is 24.3 Å². The van der Waals surface area contributed by atoms with Gasteiger partial charge in [0.15, 0.2) is 0 Å². The lowest BCUT2D eigenvalue weighted by atomic mass is 9.93. The number of carbonyl (C=O) groups excluding carboxylic acids is 3. The number of rotatable bonds is 5. The maximum absolute atomic E-state index is 13.0. The van der Waals surface area contributed by atoms with E-state index < -0.39 is 0 Å². The molecule has 2 saturated heterocycles. The summed E-state index contributed by atoms with van der Waals surface area (Å²) in [4.78, 5) is 41.9. The normalized spacial score (nSPS) is 21.3. The first-order valence-corrected chi connectivity index (χ1v) is 11.6. The molecule has 2 heterocycles. The summed E-state index contributed by atoms with van der Waals surface area (Å²) in [7, 11) is 0. The molecule has 0 aromatic heterocycles. The van der Waals surface area contributed by atoms with Crippen LogP contribution in [0.1, 0.15) is 71.8 Å². The van der Waals surface area contributed by atoms with E-state index in [1.165, 1.54) is 5.56 Å². The van der Waals surface area contributed by atoms with Crippen molar-refractivity contribution in [2.75, 3.05) is 25.0 Å². The summed E-state index contributed by atoms with van der Waals surface area (Å²) in [6.45, 7) is 12.0. The molecule has 3 rings (SSSR count). The van der Waals surface area contributed by atoms with Crippen LogP contribution in [0.5, 0.6) is 0 Å². The lowest BCUT2D eigenvalue weighted by Crippen LogP contribution is -2.46. The molecule has 6 nitrogen and oxygen atoms in total. The van der Waals surface area contributed by atoms with E-state index in [1.807, 2.05) is 48.8 Å². The zero-order valence-electron chi connectivity index (χ0n) is 19.6. The summed E-state index contributed by atoms with van der Waals surface area (Å²) in [5.74, 6) is 0.182. The highest BCUT2D eigenvalue weighted by molar-refractivity contribution is 5.94. The van der Waals surface area contributed by atoms with Crippen LogP contribution in [0.2, 0.25) is 0 Å². The van der Waals surface area contributed by atoms with Gasteiger partial charge in [-0.2, -0.15) is 0 Å². The molecule has 1 aromatic carbocycles. The van der Waals surface area contributed by atoms with Gasteiger partial charge in [-0.25, -0.2) is 0 Å². The number of para-hydroxylation sites is 1. The minimum Gasteiger partial charge on any atom is -0.342 e. The minimum atomic E-state index is -0.264. The molecule has 31 heavy (non-hydrogen) atoms. The van der Waals surface area contributed by atoms with Gasteiger partial charge >= 0.3 is 0 Å². The molecule has 2 unspecified atom stereocenters. The molecule has 0 aliphatic carbocycles. The Kier molecular flexibility index (Phi) is 7.07. The van der Waals surface area contributed by atoms with Crippen molar-refractivity contribution >= 4 is 23.4 Å². The van der Waals surface area contributed by atoms with Gasteiger partial charge in [-0.1, -0.05) is 32.0 Å². The zero-order valence-corrected chi connectivity index (χ0v) is 19.6. The Morgan fingerprint density at radius 2 is 1.77 bits per heavy atom. The average Bonchev–Trinajstić information content (AvgIpc) is 3.15. The van der Waals surface area contributed by atoms with E-state index in [1.54, 1.807) is 0 Å². The zero-order chi connectivity index (χ0) is 22.8. The predicted octanol–water partition coefficient (Wildman–Crippen LogP) is 4.02. The Balaban J connectivity index is 1.55. The first kappa shape index (κ1) is 23.3. The Labute approximate surface area is 186 Å². The van der Waals surface area contributed by atoms with Gasteiger partial charge < -0.3 is 15.1 Å². The highest BCUT2D eigenvalue weighted by Crippen LogP contribution is 2.30. The van der Waals surface area contributed by atoms with Crippen LogP contribution in [-0.2, 0) is 14.4 Å². The number of nitrogens with one attached hydrogen (secondary N) is 1. The molecule has 0 radical (unpaired) electrons. The van der Waals surface area contributed by atoms with Crippen LogP contribution in [-0.4, -0.2) is 52.7 Å². The first-order valence-electron chi connectivity index (χ1n) is 11.6. The van der Waals surface area contributed by atoms with Gasteiger partial charge in [0.25, 0.3) is 0 Å². The van der Waals surface area contributed by atoms with E-state index in [0.717, 1.165) is 12.1 Å². The summed E-state index contributed by atoms with van der Waals surface area (Å²) in [5, 5.41) is 3.13. The van der Waals surface area contributed by atoms with Gasteiger partial charge in [0, 0.05) is 43.2 Å². The van der Waals surface area contributed by atoms with E-state index in [9.17, 15) is 14.4 Å². The number of amides is 3. The smallest absolute Gasteiger partial charge is 0.227 e. The van der Waals surface area contributed by atoms with Crippen molar-refractivity contribution in [1.82, 2.24) is 9.80 Å². The topological polar surface area (TPSA) is 69.7 Å². The van der Waals surface area contributed by atoms with Crippen LogP contribution in [0.25, 0.3) is 0 Å². The third-order valence-electron chi connectivity index (χ3n) is 6.82. The van der Waals surface area contributed by atoms with Crippen molar-refractivity contribution in [3.05, 3.63) is 29.8 Å². The fourth-order valence-corrected chi connectivity index (χ4v) is 4.64. The number of benzene rings is 1. The molecule has 2 aliphatic rings. The van der Waals surface area contributed by atoms with Gasteiger partial charge in [-0.15, -0.1) is 0 Å². The highest BCUT2D eigenvalue weighted by atomic mass is 16.2. The summed E-state index contributed by atoms with van der Waals surface area (Å²) >= 11 is 0. The van der Waals surface area contributed by atoms with Crippen molar-refractivity contribution in [2.45, 2.75) is 71.8 Å². The van der Waals surface area contributed by atoms with E-state index >= 15 is 0 Å². The molecule has 0 bridgehead atoms. The number of piperidine rings is 1. The molecule has 170 valence electrons. The molecule has 0 spiro atoms. The van der Waals surface area contributed by atoms with Gasteiger partial charge in [0.05, 0.1) is 5.92 Å². The number of nitrogens with zero attached hydrogens (tertiary/aromatic N) is 2. The van der Waals surface area contributed by atoms with Crippen LogP contribution >= 0.6 is 0 Å². The second kappa shape index (κ2) is 9.41. The molecule has 1 N–H and O–H groups in total. The molecule has 2 aliphatic heterocycles. The summed E-state index contributed by atoms with van der Waals surface area (Å²) in [6, 6.07) is 8.01. The molecule has 1 aromatic rings. The van der Waals surface area contributed by atoms with Gasteiger partial charge in [-0.05, 0) is 57.6 Å². The molecule has 0 saturated carbocycles. The fraction of sp³-hybridized carbons (Fsp3) is 0.640. The van der Waals surface area contributed by atoms with Gasteiger partial charge in [0.2, 0.25) is 17.7 Å². The van der Waals surface area contributed by atoms with Gasteiger partial charge in [-0.3, -0.25) is 14.4 Å². The molecular formula is C25H37N3O3. The van der Waals surface area contributed by atoms with E-state index in [-0.39, 0.29) is 35.1 Å². The molecule has 2 fully saturated rings. The Morgan fingerprint density at radius 1 is 1.13 bits per heavy atom. The number of carbonyl (C=O) groups is 3. The largest absolute Gasteiger partial charge is 0.342 e. The second-order valence-corrected chi connectivity index (χ2v) is 10.1. The maximum atomic E-state index is 13.0. The number of hydrogen-bond acceptors (Lipinski definition) is 3. The summed E-state index contributed by atoms with van der Waals surface area (Å²) < 4.78 is 0. The predicted molar refractivity (Wildman–Crippen MR) is 123 cm³/mol. The third-order valence-corrected chi connectivity index (χ3v) is 6.82. The lowest BCUT2D eigenvalue weighted by Gasteiger charge is -2.34. The summed E-state index contributed by atoms with van der Waals surface area (Å²) in [6.07, 6.45) is 2.63. The summed E-state index contributed by atoms with van der Waals surface area (Å²) in [5.41, 5.74) is 1.80. The van der Waals surface area contributed by atoms with Crippen molar-refractivity contribution in [1.29, 1.82) is 0 Å². The molecular weight excluding hydrogens is 390 g/mol. The van der Waals surface area contributed by atoms with Crippen LogP contribution < -0.4 is 5.32 Å². The lowest BCUT2D eigenvalue weighted by molar-refractivity contribution is -0.138. The van der Waals surface area contributed by atoms with Crippen LogP contribution in [0.3, 0.4) is 0 Å². The van der Waals surface area contributed by atoms with E-state index in [4.69, 9.17) is 0 Å². The Morgan fingerprint density at radius 3 is 2.35 bits per heavy atom. The standard InChI is InChI=1S/C25H37N3O3/c1-6-17(2)20-9-7-8-10-21(20)26-23(30)18-11-13-27(14-12-18)24(31)19-15-22(29)28(16-19)25(3,4)5/h7-10,17-19H,6,11-16H2,1-5H3,(H,26,30). The monoisotopic (exact) mass is 427 g/mol. The third kappa shape index (κ3) is 5.28. The van der Waals surface area contributed by atoms with E-state index in [2.05, 4.69) is 25.2 Å². The van der Waals surface area contributed by atoms with Crippen LogP contribution in [0, 0.1) is 11.8 Å². The van der Waals surface area contributed by atoms with Crippen molar-refractivity contribution in [3.8, 4) is 0 Å². The van der Waals surface area contributed by atoms with Crippen LogP contribution in [0.4, 0.5) is 5.69 Å². The second-order valence-electron chi connectivity index (χ2n) is 10.1. The molecule has 6 heteroatoms. The number of anilines is 1. The quantitative estimate of drug-likeness (QED) is 0.771. The maximum Gasteiger partial charge on any atom is 0.227 e. The average molecular weight is 428 g/mol. The Hall–Kier alpha value is -2.37. The number of hydrogen-bond donors (Lipinski definition) is 1. The van der Waals surface area contributed by atoms with Crippen molar-refractivity contribution in [2.24, 2.45) is 11.8 Å². The molecule has 3 amide bonds. The minimum absolute atomic E-state index is 0.0396. The fourth-order valence-electron chi connectivity index (χ4n) is 4.64. The van der Waals surface area contributed by atoms with Gasteiger partial charge in [0.1, 0.15) is 0 Å². The number of likely N-dealkylation sites (tertiary alicyclic amines) is 2. The van der Waals surface area contributed by atoms with Crippen molar-refractivity contribution < 1.29 is 14.4 Å². The molecule has 2 atom stereocenters. The van der Waals surface area contributed by atoms with E-state index in [0.29, 0.717) is 44.8 Å². The first-order chi connectivity index (χ1) is 14.6. The Bertz CT molecular complexity index is 822.